The summed E-state index contributed by atoms with van der Waals surface area (Å²) in [7, 11) is 0. The van der Waals surface area contributed by atoms with E-state index in [1.54, 1.807) is 0 Å². The topological polar surface area (TPSA) is 42.1 Å². The molecule has 1 N–H and O–H groups in total. The molecule has 0 aliphatic carbocycles. The van der Waals surface area contributed by atoms with Crippen molar-refractivity contribution in [2.24, 2.45) is 0 Å². The van der Waals surface area contributed by atoms with Crippen molar-refractivity contribution in [2.45, 2.75) is 20.3 Å². The minimum atomic E-state index is -0.176. The number of ether oxygens (including phenoxy) is 1. The van der Waals surface area contributed by atoms with Gasteiger partial charge in [-0.2, -0.15) is 0 Å². The molecule has 1 heterocycles. The summed E-state index contributed by atoms with van der Waals surface area (Å²) in [6.45, 7) is 4.29. The molecule has 3 heteroatoms. The van der Waals surface area contributed by atoms with Gasteiger partial charge in [-0.15, -0.1) is 0 Å². The molecule has 0 amide bonds. The Hall–Kier alpha value is -1.77. The lowest BCUT2D eigenvalue weighted by Gasteiger charge is -2.01. The van der Waals surface area contributed by atoms with Crippen molar-refractivity contribution in [3.05, 3.63) is 35.5 Å². The Bertz CT molecular complexity index is 514. The van der Waals surface area contributed by atoms with Crippen molar-refractivity contribution in [1.82, 2.24) is 4.98 Å². The Labute approximate surface area is 94.4 Å². The first-order valence-electron chi connectivity index (χ1n) is 5.43. The highest BCUT2D eigenvalue weighted by atomic mass is 16.5. The van der Waals surface area contributed by atoms with Gasteiger partial charge in [-0.1, -0.05) is 11.6 Å². The number of H-pyrrole nitrogens is 1. The number of aryl methyl sites for hydroxylation is 1. The number of hydrogen-bond acceptors (Lipinski definition) is 2. The van der Waals surface area contributed by atoms with Gasteiger partial charge in [0.25, 0.3) is 0 Å². The predicted octanol–water partition coefficient (Wildman–Crippen LogP) is 2.58. The number of carbonyl (C=O) groups excluding carboxylic acids is 1. The van der Waals surface area contributed by atoms with Gasteiger partial charge < -0.3 is 9.72 Å². The molecule has 0 bridgehead atoms. The minimum Gasteiger partial charge on any atom is -0.466 e. The molecule has 0 saturated carbocycles. The fourth-order valence-electron chi connectivity index (χ4n) is 1.81. The van der Waals surface area contributed by atoms with E-state index < -0.39 is 0 Å². The number of esters is 1. The standard InChI is InChI=1S/C13H15NO2/c1-3-16-13(15)7-10-8-14-12-5-4-9(2)6-11(10)12/h4-6,8,14H,3,7H2,1-2H3. The van der Waals surface area contributed by atoms with Crippen LogP contribution >= 0.6 is 0 Å². The van der Waals surface area contributed by atoms with Crippen molar-refractivity contribution in [3.63, 3.8) is 0 Å². The van der Waals surface area contributed by atoms with E-state index in [0.717, 1.165) is 16.5 Å². The quantitative estimate of drug-likeness (QED) is 0.803. The number of aromatic amines is 1. The molecular formula is C13H15NO2. The van der Waals surface area contributed by atoms with Crippen LogP contribution in [-0.4, -0.2) is 17.6 Å². The number of hydrogen-bond donors (Lipinski definition) is 1. The first-order valence-corrected chi connectivity index (χ1v) is 5.43. The summed E-state index contributed by atoms with van der Waals surface area (Å²) >= 11 is 0. The minimum absolute atomic E-state index is 0.176. The highest BCUT2D eigenvalue weighted by Gasteiger charge is 2.09. The van der Waals surface area contributed by atoms with Crippen LogP contribution in [0.25, 0.3) is 10.9 Å². The van der Waals surface area contributed by atoms with E-state index in [1.165, 1.54) is 5.56 Å². The zero-order valence-corrected chi connectivity index (χ0v) is 9.54. The third-order valence-electron chi connectivity index (χ3n) is 2.56. The molecule has 0 unspecified atom stereocenters. The fraction of sp³-hybridized carbons (Fsp3) is 0.308. The number of carbonyl (C=O) groups is 1. The number of aromatic nitrogens is 1. The molecule has 0 saturated heterocycles. The van der Waals surface area contributed by atoms with E-state index in [2.05, 4.69) is 11.1 Å². The maximum Gasteiger partial charge on any atom is 0.310 e. The summed E-state index contributed by atoms with van der Waals surface area (Å²) in [5.41, 5.74) is 3.25. The van der Waals surface area contributed by atoms with Gasteiger partial charge in [0, 0.05) is 17.1 Å². The molecule has 3 nitrogen and oxygen atoms in total. The zero-order chi connectivity index (χ0) is 11.5. The SMILES string of the molecule is CCOC(=O)Cc1c[nH]c2ccc(C)cc12. The van der Waals surface area contributed by atoms with Crippen molar-refractivity contribution >= 4 is 16.9 Å². The monoisotopic (exact) mass is 217 g/mol. The Morgan fingerprint density at radius 2 is 2.25 bits per heavy atom. The average molecular weight is 217 g/mol. The lowest BCUT2D eigenvalue weighted by Crippen LogP contribution is -2.06. The number of fused-ring (bicyclic) bond motifs is 1. The summed E-state index contributed by atoms with van der Waals surface area (Å²) in [4.78, 5) is 14.6. The van der Waals surface area contributed by atoms with Crippen molar-refractivity contribution < 1.29 is 9.53 Å². The lowest BCUT2D eigenvalue weighted by molar-refractivity contribution is -0.142. The van der Waals surface area contributed by atoms with E-state index in [-0.39, 0.29) is 5.97 Å². The molecule has 0 fully saturated rings. The zero-order valence-electron chi connectivity index (χ0n) is 9.54. The maximum atomic E-state index is 11.4. The second-order valence-corrected chi connectivity index (χ2v) is 3.84. The molecule has 0 aliphatic heterocycles. The van der Waals surface area contributed by atoms with Gasteiger partial charge in [-0.25, -0.2) is 0 Å². The predicted molar refractivity (Wildman–Crippen MR) is 63.4 cm³/mol. The number of rotatable bonds is 3. The highest BCUT2D eigenvalue weighted by Crippen LogP contribution is 2.20. The van der Waals surface area contributed by atoms with Gasteiger partial charge in [-0.3, -0.25) is 4.79 Å². The first-order chi connectivity index (χ1) is 7.70. The first kappa shape index (κ1) is 10.7. The second-order valence-electron chi connectivity index (χ2n) is 3.84. The van der Waals surface area contributed by atoms with Crippen molar-refractivity contribution in [1.29, 1.82) is 0 Å². The van der Waals surface area contributed by atoms with Gasteiger partial charge in [0.15, 0.2) is 0 Å². The van der Waals surface area contributed by atoms with E-state index in [4.69, 9.17) is 4.74 Å². The van der Waals surface area contributed by atoms with Crippen molar-refractivity contribution in [2.75, 3.05) is 6.61 Å². The van der Waals surface area contributed by atoms with Gasteiger partial charge in [0.1, 0.15) is 0 Å². The third kappa shape index (κ3) is 2.08. The number of benzene rings is 1. The van der Waals surface area contributed by atoms with Crippen LogP contribution in [0.3, 0.4) is 0 Å². The van der Waals surface area contributed by atoms with Crippen LogP contribution in [0.15, 0.2) is 24.4 Å². The van der Waals surface area contributed by atoms with Gasteiger partial charge in [-0.05, 0) is 31.5 Å². The van der Waals surface area contributed by atoms with Crippen LogP contribution < -0.4 is 0 Å². The molecule has 1 aromatic heterocycles. The summed E-state index contributed by atoms with van der Waals surface area (Å²) in [6, 6.07) is 6.16. The summed E-state index contributed by atoms with van der Waals surface area (Å²) in [5.74, 6) is -0.176. The smallest absolute Gasteiger partial charge is 0.310 e. The Morgan fingerprint density at radius 3 is 3.00 bits per heavy atom. The van der Waals surface area contributed by atoms with E-state index in [0.29, 0.717) is 13.0 Å². The van der Waals surface area contributed by atoms with Crippen LogP contribution in [-0.2, 0) is 16.0 Å². The molecule has 84 valence electrons. The van der Waals surface area contributed by atoms with Gasteiger partial charge >= 0.3 is 5.97 Å². The molecule has 0 spiro atoms. The Kier molecular flexibility index (Phi) is 2.95. The van der Waals surface area contributed by atoms with Crippen LogP contribution in [0.1, 0.15) is 18.1 Å². The number of nitrogens with one attached hydrogen (secondary N) is 1. The van der Waals surface area contributed by atoms with Crippen LogP contribution in [0.4, 0.5) is 0 Å². The summed E-state index contributed by atoms with van der Waals surface area (Å²) in [5, 5.41) is 1.10. The second kappa shape index (κ2) is 4.39. The molecule has 2 rings (SSSR count). The van der Waals surface area contributed by atoms with E-state index in [1.807, 2.05) is 32.2 Å². The molecule has 2 aromatic rings. The van der Waals surface area contributed by atoms with E-state index in [9.17, 15) is 4.79 Å². The van der Waals surface area contributed by atoms with Crippen LogP contribution in [0.2, 0.25) is 0 Å². The molecular weight excluding hydrogens is 202 g/mol. The van der Waals surface area contributed by atoms with Gasteiger partial charge in [0.05, 0.1) is 13.0 Å². The maximum absolute atomic E-state index is 11.4. The largest absolute Gasteiger partial charge is 0.466 e. The molecule has 16 heavy (non-hydrogen) atoms. The molecule has 0 atom stereocenters. The Balaban J connectivity index is 2.30. The lowest BCUT2D eigenvalue weighted by atomic mass is 10.1. The van der Waals surface area contributed by atoms with Gasteiger partial charge in [0.2, 0.25) is 0 Å². The third-order valence-corrected chi connectivity index (χ3v) is 2.56. The molecule has 0 aliphatic rings. The highest BCUT2D eigenvalue weighted by molar-refractivity contribution is 5.87. The fourth-order valence-corrected chi connectivity index (χ4v) is 1.81. The molecule has 1 aromatic carbocycles. The van der Waals surface area contributed by atoms with Crippen LogP contribution in [0, 0.1) is 6.92 Å². The normalized spacial score (nSPS) is 10.6. The van der Waals surface area contributed by atoms with E-state index >= 15 is 0 Å². The van der Waals surface area contributed by atoms with Crippen LogP contribution in [0.5, 0.6) is 0 Å². The summed E-state index contributed by atoms with van der Waals surface area (Å²) < 4.78 is 4.94. The molecule has 0 radical (unpaired) electrons. The average Bonchev–Trinajstić information content (AvgIpc) is 2.61. The van der Waals surface area contributed by atoms with Crippen molar-refractivity contribution in [3.8, 4) is 0 Å². The summed E-state index contributed by atoms with van der Waals surface area (Å²) in [6.07, 6.45) is 2.21. The Morgan fingerprint density at radius 1 is 1.44 bits per heavy atom.